The highest BCUT2D eigenvalue weighted by molar-refractivity contribution is 6.08. The number of anilines is 2. The summed E-state index contributed by atoms with van der Waals surface area (Å²) < 4.78 is 40.7. The van der Waals surface area contributed by atoms with E-state index in [2.05, 4.69) is 36.7 Å². The zero-order chi connectivity index (χ0) is 42.6. The number of imide groups is 1. The highest BCUT2D eigenvalue weighted by Crippen LogP contribution is 2.37. The minimum atomic E-state index is -2.85. The fraction of sp³-hybridized carbons (Fsp3) is 0.568. The van der Waals surface area contributed by atoms with Gasteiger partial charge < -0.3 is 19.9 Å². The van der Waals surface area contributed by atoms with Gasteiger partial charge in [-0.15, -0.1) is 0 Å². The van der Waals surface area contributed by atoms with Crippen molar-refractivity contribution in [3.8, 4) is 0 Å². The van der Waals surface area contributed by atoms with Crippen molar-refractivity contribution in [2.24, 2.45) is 18.9 Å². The summed E-state index contributed by atoms with van der Waals surface area (Å²) in [6, 6.07) is 7.30. The summed E-state index contributed by atoms with van der Waals surface area (Å²) in [6.07, 6.45) is 12.4. The molecule has 0 radical (unpaired) electrons. The van der Waals surface area contributed by atoms with Gasteiger partial charge in [-0.3, -0.25) is 33.5 Å². The number of carbonyl (C=O) groups excluding carboxylic acids is 3. The number of morpholine rings is 1. The average Bonchev–Trinajstić information content (AvgIpc) is 4.12. The number of carbonyl (C=O) groups is 3. The maximum absolute atomic E-state index is 14.3. The Morgan fingerprint density at radius 1 is 1.02 bits per heavy atom. The second-order valence-corrected chi connectivity index (χ2v) is 18.0. The molecular weight excluding hydrogens is 801 g/mol. The van der Waals surface area contributed by atoms with Crippen LogP contribution >= 0.6 is 0 Å². The van der Waals surface area contributed by atoms with Crippen LogP contribution < -0.4 is 21.2 Å². The van der Waals surface area contributed by atoms with Gasteiger partial charge in [0.2, 0.25) is 11.8 Å². The highest BCUT2D eigenvalue weighted by atomic mass is 19.3. The number of amides is 3. The molecule has 5 fully saturated rings. The summed E-state index contributed by atoms with van der Waals surface area (Å²) in [7, 11) is 1.75. The molecule has 16 nitrogen and oxygen atoms in total. The number of imidazole rings is 1. The first-order chi connectivity index (χ1) is 30.1. The molecule has 18 heteroatoms. The molecule has 1 unspecified atom stereocenters. The van der Waals surface area contributed by atoms with Gasteiger partial charge >= 0.3 is 5.69 Å². The molecule has 0 spiro atoms. The molecule has 1 saturated carbocycles. The van der Waals surface area contributed by atoms with Crippen LogP contribution in [0, 0.1) is 11.8 Å². The average molecular weight is 854 g/mol. The second-order valence-electron chi connectivity index (χ2n) is 18.0. The number of rotatable bonds is 12. The summed E-state index contributed by atoms with van der Waals surface area (Å²) >= 11 is 0. The molecule has 5 aliphatic rings. The Morgan fingerprint density at radius 2 is 1.84 bits per heavy atom. The van der Waals surface area contributed by atoms with E-state index in [-0.39, 0.29) is 47.5 Å². The lowest BCUT2D eigenvalue weighted by Gasteiger charge is -2.36. The molecule has 328 valence electrons. The van der Waals surface area contributed by atoms with Crippen molar-refractivity contribution < 1.29 is 27.9 Å². The molecule has 3 amide bonds. The van der Waals surface area contributed by atoms with Crippen LogP contribution in [0.15, 0.2) is 47.7 Å². The third kappa shape index (κ3) is 7.69. The zero-order valence-corrected chi connectivity index (χ0v) is 34.9. The lowest BCUT2D eigenvalue weighted by Crippen LogP contribution is -2.44. The maximum atomic E-state index is 14.3. The summed E-state index contributed by atoms with van der Waals surface area (Å²) in [5.41, 5.74) is 2.57. The minimum Gasteiger partial charge on any atom is -0.374 e. The van der Waals surface area contributed by atoms with Crippen LogP contribution in [0.4, 0.5) is 20.3 Å². The van der Waals surface area contributed by atoms with Crippen LogP contribution in [0.1, 0.15) is 111 Å². The van der Waals surface area contributed by atoms with Gasteiger partial charge in [-0.1, -0.05) is 18.6 Å². The molecule has 8 heterocycles. The number of likely N-dealkylation sites (tertiary alicyclic amines) is 1. The molecule has 10 rings (SSSR count). The van der Waals surface area contributed by atoms with E-state index < -0.39 is 30.0 Å². The predicted octanol–water partition coefficient (Wildman–Crippen LogP) is 5.19. The summed E-state index contributed by atoms with van der Waals surface area (Å²) in [4.78, 5) is 60.8. The number of hydrogen-bond acceptors (Lipinski definition) is 10. The van der Waals surface area contributed by atoms with Crippen molar-refractivity contribution in [1.29, 1.82) is 0 Å². The van der Waals surface area contributed by atoms with Crippen molar-refractivity contribution in [2.75, 3.05) is 43.0 Å². The molecule has 5 aromatic rings. The van der Waals surface area contributed by atoms with E-state index in [9.17, 15) is 28.0 Å². The first-order valence-electron chi connectivity index (χ1n) is 22.2. The molecule has 3 atom stereocenters. The van der Waals surface area contributed by atoms with Crippen LogP contribution in [-0.2, 0) is 27.8 Å². The standard InChI is InChI=1S/C44H53F2N11O5/c1-52-39-28(6-3-7-34(39)57(44(52)61)35-12-13-37(58)50-43(35)60)5-2-4-26-14-17-53(18-15-26)22-27-8-10-29(11-9-27)56-24-33(38(51-56)40(45)46)48-42(59)32-21-47-55-19-16-36(49-41(32)55)54-23-31-20-30(54)25-62-31/h3,6-7,16,19,21,24,26-27,29-31,35,40H,2,4-5,8-15,17-18,20,22-23,25H2,1H3,(H,48,59)(H,50,58,60)/t27?,29?,30-,31-,35?/m1/s1. The Kier molecular flexibility index (Phi) is 10.9. The predicted molar refractivity (Wildman–Crippen MR) is 225 cm³/mol. The fourth-order valence-electron chi connectivity index (χ4n) is 10.8. The molecule has 4 aromatic heterocycles. The van der Waals surface area contributed by atoms with Gasteiger partial charge in [-0.25, -0.2) is 23.1 Å². The van der Waals surface area contributed by atoms with Crippen molar-refractivity contribution in [1.82, 2.24) is 43.7 Å². The quantitative estimate of drug-likeness (QED) is 0.160. The number of para-hydroxylation sites is 1. The second kappa shape index (κ2) is 16.7. The van der Waals surface area contributed by atoms with Gasteiger partial charge in [0.1, 0.15) is 17.4 Å². The smallest absolute Gasteiger partial charge is 0.329 e. The number of aryl methyl sites for hydroxylation is 2. The van der Waals surface area contributed by atoms with E-state index >= 15 is 0 Å². The Balaban J connectivity index is 0.699. The minimum absolute atomic E-state index is 0.00559. The monoisotopic (exact) mass is 853 g/mol. The van der Waals surface area contributed by atoms with Crippen LogP contribution in [0.25, 0.3) is 16.7 Å². The Labute approximate surface area is 356 Å². The number of benzene rings is 1. The lowest BCUT2D eigenvalue weighted by atomic mass is 9.84. The highest BCUT2D eigenvalue weighted by Gasteiger charge is 2.40. The maximum Gasteiger partial charge on any atom is 0.329 e. The number of aromatic nitrogens is 7. The van der Waals surface area contributed by atoms with E-state index in [4.69, 9.17) is 9.72 Å². The van der Waals surface area contributed by atoms with E-state index in [1.54, 1.807) is 33.3 Å². The first kappa shape index (κ1) is 40.6. The molecule has 1 aromatic carbocycles. The van der Waals surface area contributed by atoms with Gasteiger partial charge in [0.15, 0.2) is 11.3 Å². The number of halogens is 2. The van der Waals surface area contributed by atoms with Gasteiger partial charge in [0, 0.05) is 39.0 Å². The molecule has 1 aliphatic carbocycles. The fourth-order valence-corrected chi connectivity index (χ4v) is 10.8. The number of ether oxygens (including phenoxy) is 1. The number of hydrogen-bond donors (Lipinski definition) is 2. The van der Waals surface area contributed by atoms with Crippen molar-refractivity contribution in [3.63, 3.8) is 0 Å². The number of nitrogens with one attached hydrogen (secondary N) is 2. The summed E-state index contributed by atoms with van der Waals surface area (Å²) in [5, 5.41) is 13.7. The normalized spacial score (nSPS) is 24.8. The van der Waals surface area contributed by atoms with Crippen LogP contribution in [0.5, 0.6) is 0 Å². The number of nitrogens with zero attached hydrogens (tertiary/aromatic N) is 9. The summed E-state index contributed by atoms with van der Waals surface area (Å²) in [6.45, 7) is 4.53. The Morgan fingerprint density at radius 3 is 2.58 bits per heavy atom. The van der Waals surface area contributed by atoms with E-state index in [0.29, 0.717) is 30.5 Å². The Hall–Kier alpha value is -5.49. The lowest BCUT2D eigenvalue weighted by molar-refractivity contribution is -0.135. The SMILES string of the molecule is Cn1c(=O)n(C2CCC(=O)NC2=O)c2cccc(CCCC3CCN(CC4CCC(n5cc(NC(=O)c6cnn7ccc(N8C[C@H]9C[C@@H]8CO9)nc67)c(C(F)F)n5)CC4)CC3)c21. The molecule has 2 N–H and O–H groups in total. The van der Waals surface area contributed by atoms with Crippen LogP contribution in [0.3, 0.4) is 0 Å². The molecule has 2 bridgehead atoms. The van der Waals surface area contributed by atoms with E-state index in [0.717, 1.165) is 113 Å². The van der Waals surface area contributed by atoms with Gasteiger partial charge in [0.05, 0.1) is 47.7 Å². The van der Waals surface area contributed by atoms with Crippen molar-refractivity contribution >= 4 is 45.9 Å². The molecule has 62 heavy (non-hydrogen) atoms. The van der Waals surface area contributed by atoms with Crippen molar-refractivity contribution in [2.45, 2.75) is 108 Å². The molecular formula is C44H53F2N11O5. The van der Waals surface area contributed by atoms with Crippen molar-refractivity contribution in [3.05, 3.63) is 70.2 Å². The number of alkyl halides is 2. The van der Waals surface area contributed by atoms with E-state index in [1.807, 2.05) is 18.2 Å². The summed E-state index contributed by atoms with van der Waals surface area (Å²) in [5.74, 6) is 0.618. The molecule has 4 aliphatic heterocycles. The zero-order valence-electron chi connectivity index (χ0n) is 34.9. The third-order valence-corrected chi connectivity index (χ3v) is 14.2. The van der Waals surface area contributed by atoms with Gasteiger partial charge in [0.25, 0.3) is 12.3 Å². The Bertz CT molecular complexity index is 2570. The van der Waals surface area contributed by atoms with E-state index in [1.165, 1.54) is 10.7 Å². The third-order valence-electron chi connectivity index (χ3n) is 14.2. The van der Waals surface area contributed by atoms with Crippen LogP contribution in [-0.4, -0.2) is 101 Å². The van der Waals surface area contributed by atoms with Gasteiger partial charge in [-0.2, -0.15) is 10.2 Å². The van der Waals surface area contributed by atoms with Crippen LogP contribution in [0.2, 0.25) is 0 Å². The molecule has 4 saturated heterocycles. The topological polar surface area (TPSA) is 166 Å². The number of fused-ring (bicyclic) bond motifs is 4. The first-order valence-corrected chi connectivity index (χ1v) is 22.2. The van der Waals surface area contributed by atoms with Gasteiger partial charge in [-0.05, 0) is 107 Å². The largest absolute Gasteiger partial charge is 0.374 e. The number of piperidine rings is 2.